The Balaban J connectivity index is 1.29. The Morgan fingerprint density at radius 3 is 2.35 bits per heavy atom. The molecule has 7 rings (SSSR count). The second kappa shape index (κ2) is 12.4. The minimum atomic E-state index is -4.70. The zero-order chi connectivity index (χ0) is 34.6. The van der Waals surface area contributed by atoms with Crippen molar-refractivity contribution in [3.05, 3.63) is 111 Å². The molecule has 1 aromatic heterocycles. The van der Waals surface area contributed by atoms with Crippen molar-refractivity contribution in [2.24, 2.45) is 5.92 Å². The highest BCUT2D eigenvalue weighted by Gasteiger charge is 2.57. The number of alkyl halides is 3. The first-order valence-corrected chi connectivity index (χ1v) is 16.6. The maximum atomic E-state index is 14.2. The number of nitrogens with zero attached hydrogens (tertiary/aromatic N) is 2. The molecule has 5 aromatic rings. The van der Waals surface area contributed by atoms with E-state index in [-0.39, 0.29) is 12.2 Å². The quantitative estimate of drug-likeness (QED) is 0.192. The van der Waals surface area contributed by atoms with Gasteiger partial charge in [0.1, 0.15) is 11.8 Å². The van der Waals surface area contributed by atoms with E-state index < -0.39 is 51.4 Å². The minimum absolute atomic E-state index is 0.207. The zero-order valence-electron chi connectivity index (χ0n) is 25.8. The summed E-state index contributed by atoms with van der Waals surface area (Å²) in [5.41, 5.74) is -0.156. The van der Waals surface area contributed by atoms with Gasteiger partial charge in [0, 0.05) is 16.5 Å². The summed E-state index contributed by atoms with van der Waals surface area (Å²) >= 11 is 1.82. The fourth-order valence-electron chi connectivity index (χ4n) is 6.35. The lowest BCUT2D eigenvalue weighted by atomic mass is 9.83. The van der Waals surface area contributed by atoms with Crippen LogP contribution in [0.15, 0.2) is 94.7 Å². The molecule has 3 atom stereocenters. The lowest BCUT2D eigenvalue weighted by Gasteiger charge is -2.31. The smallest absolute Gasteiger partial charge is 0.416 e. The number of amides is 3. The number of anilines is 2. The van der Waals surface area contributed by atoms with Gasteiger partial charge >= 0.3 is 11.0 Å². The zero-order valence-corrected chi connectivity index (χ0v) is 27.4. The van der Waals surface area contributed by atoms with Crippen LogP contribution in [0.4, 0.5) is 24.5 Å². The highest BCUT2D eigenvalue weighted by molar-refractivity contribution is 8.00. The summed E-state index contributed by atoms with van der Waals surface area (Å²) in [6.45, 7) is -0.375. The molecule has 49 heavy (non-hydrogen) atoms. The van der Waals surface area contributed by atoms with Crippen molar-refractivity contribution in [1.29, 1.82) is 0 Å². The van der Waals surface area contributed by atoms with Gasteiger partial charge in [-0.15, -0.1) is 0 Å². The first-order valence-electron chi connectivity index (χ1n) is 14.9. The highest BCUT2D eigenvalue weighted by atomic mass is 32.2. The Morgan fingerprint density at radius 2 is 1.61 bits per heavy atom. The molecule has 0 aliphatic carbocycles. The van der Waals surface area contributed by atoms with E-state index >= 15 is 0 Å². The van der Waals surface area contributed by atoms with Crippen LogP contribution in [-0.2, 0) is 27.1 Å². The van der Waals surface area contributed by atoms with Gasteiger partial charge in [0.05, 0.1) is 36.4 Å². The fourth-order valence-corrected chi connectivity index (χ4v) is 9.12. The van der Waals surface area contributed by atoms with Crippen molar-refractivity contribution in [3.8, 4) is 11.5 Å². The van der Waals surface area contributed by atoms with Gasteiger partial charge in [0.25, 0.3) is 0 Å². The second-order valence-corrected chi connectivity index (χ2v) is 13.6. The molecule has 2 aliphatic heterocycles. The number of methoxy groups -OCH3 is 2. The summed E-state index contributed by atoms with van der Waals surface area (Å²) in [6, 6.07) is 22.1. The predicted molar refractivity (Wildman–Crippen MR) is 180 cm³/mol. The molecule has 0 bridgehead atoms. The van der Waals surface area contributed by atoms with Crippen LogP contribution in [0, 0.1) is 5.92 Å². The maximum absolute atomic E-state index is 14.2. The molecule has 1 N–H and O–H groups in total. The summed E-state index contributed by atoms with van der Waals surface area (Å²) in [7, 11) is 2.90. The van der Waals surface area contributed by atoms with Crippen molar-refractivity contribution >= 4 is 63.0 Å². The SMILES string of the molecule is COc1ccc([C@@H]2c3sc(=O)n(CC(=O)Nc4ccc5ccccc5c4)c3S[C@H]3C(=O)N(c4cccc(C(F)(F)F)c4)C(=O)[C@@H]23)cc1OC. The molecule has 3 heterocycles. The fraction of sp³-hybridized carbons (Fsp3) is 0.200. The number of ether oxygens (including phenoxy) is 2. The molecule has 14 heteroatoms. The first-order chi connectivity index (χ1) is 23.5. The standard InChI is InChI=1S/C35H26F3N3O6S2/c1-46-24-13-11-20(15-25(24)47-2)27-28-29(32(44)41(31(28)43)23-9-5-8-21(16-23)35(36,37)38)48-33-30(27)49-34(45)40(33)17-26(42)39-22-12-10-18-6-3-4-7-19(18)14-22/h3-16,27-29H,17H2,1-2H3,(H,39,42)/t27-,28-,29+/m0/s1. The van der Waals surface area contributed by atoms with Crippen LogP contribution in [-0.4, -0.2) is 41.8 Å². The van der Waals surface area contributed by atoms with Crippen LogP contribution in [0.2, 0.25) is 0 Å². The second-order valence-electron chi connectivity index (χ2n) is 11.4. The molecule has 2 aliphatic rings. The molecule has 250 valence electrons. The van der Waals surface area contributed by atoms with E-state index in [1.54, 1.807) is 24.3 Å². The van der Waals surface area contributed by atoms with Gasteiger partial charge in [-0.05, 0) is 58.8 Å². The van der Waals surface area contributed by atoms with E-state index in [0.29, 0.717) is 32.7 Å². The van der Waals surface area contributed by atoms with Crippen molar-refractivity contribution in [2.45, 2.75) is 28.9 Å². The van der Waals surface area contributed by atoms with Crippen LogP contribution in [0.5, 0.6) is 11.5 Å². The number of fused-ring (bicyclic) bond motifs is 3. The highest BCUT2D eigenvalue weighted by Crippen LogP contribution is 2.54. The summed E-state index contributed by atoms with van der Waals surface area (Å²) in [6.07, 6.45) is -4.70. The summed E-state index contributed by atoms with van der Waals surface area (Å²) in [5.74, 6) is -3.10. The number of thioether (sulfide) groups is 1. The van der Waals surface area contributed by atoms with Gasteiger partial charge in [-0.1, -0.05) is 65.6 Å². The molecule has 3 amide bonds. The monoisotopic (exact) mass is 705 g/mol. The number of carbonyl (C=O) groups excluding carboxylic acids is 3. The number of rotatable bonds is 7. The first kappa shape index (κ1) is 32.5. The summed E-state index contributed by atoms with van der Waals surface area (Å²) in [5, 5.41) is 3.97. The van der Waals surface area contributed by atoms with Gasteiger partial charge in [0.2, 0.25) is 17.7 Å². The number of hydrogen-bond donors (Lipinski definition) is 1. The molecule has 0 saturated carbocycles. The van der Waals surface area contributed by atoms with Crippen LogP contribution < -0.4 is 24.6 Å². The molecule has 9 nitrogen and oxygen atoms in total. The largest absolute Gasteiger partial charge is 0.493 e. The predicted octanol–water partition coefficient (Wildman–Crippen LogP) is 6.53. The van der Waals surface area contributed by atoms with Crippen LogP contribution in [0.3, 0.4) is 0 Å². The maximum Gasteiger partial charge on any atom is 0.416 e. The van der Waals surface area contributed by atoms with Gasteiger partial charge in [-0.25, -0.2) is 4.90 Å². The number of hydrogen-bond acceptors (Lipinski definition) is 8. The van der Waals surface area contributed by atoms with E-state index in [0.717, 1.165) is 57.0 Å². The number of nitrogens with one attached hydrogen (secondary N) is 1. The lowest BCUT2D eigenvalue weighted by molar-refractivity contribution is -0.137. The molecule has 4 aromatic carbocycles. The topological polar surface area (TPSA) is 107 Å². The third-order valence-corrected chi connectivity index (χ3v) is 11.2. The van der Waals surface area contributed by atoms with Crippen LogP contribution in [0.25, 0.3) is 10.8 Å². The summed E-state index contributed by atoms with van der Waals surface area (Å²) in [4.78, 5) is 55.8. The van der Waals surface area contributed by atoms with E-state index in [2.05, 4.69) is 5.32 Å². The van der Waals surface area contributed by atoms with E-state index in [1.165, 1.54) is 24.9 Å². The van der Waals surface area contributed by atoms with Gasteiger partial charge < -0.3 is 14.8 Å². The normalized spacial score (nSPS) is 18.7. The van der Waals surface area contributed by atoms with E-state index in [9.17, 15) is 32.3 Å². The molecule has 0 spiro atoms. The van der Waals surface area contributed by atoms with Crippen LogP contribution in [0.1, 0.15) is 21.9 Å². The Hall–Kier alpha value is -5.08. The van der Waals surface area contributed by atoms with Gasteiger partial charge in [-0.3, -0.25) is 23.7 Å². The Bertz CT molecular complexity index is 2210. The molecular formula is C35H26F3N3O6S2. The third kappa shape index (κ3) is 5.74. The molecular weight excluding hydrogens is 680 g/mol. The third-order valence-electron chi connectivity index (χ3n) is 8.58. The Labute approximate surface area is 285 Å². The minimum Gasteiger partial charge on any atom is -0.493 e. The number of aromatic nitrogens is 1. The number of halogens is 3. The van der Waals surface area contributed by atoms with Crippen molar-refractivity contribution < 1.29 is 37.0 Å². The molecule has 1 fully saturated rings. The van der Waals surface area contributed by atoms with Gasteiger partial charge in [-0.2, -0.15) is 13.2 Å². The molecule has 1 saturated heterocycles. The lowest BCUT2D eigenvalue weighted by Crippen LogP contribution is -2.33. The number of thiazole rings is 1. The van der Waals surface area contributed by atoms with Gasteiger partial charge in [0.15, 0.2) is 11.5 Å². The van der Waals surface area contributed by atoms with Crippen molar-refractivity contribution in [2.75, 3.05) is 24.4 Å². The molecule has 0 radical (unpaired) electrons. The van der Waals surface area contributed by atoms with E-state index in [4.69, 9.17) is 9.47 Å². The van der Waals surface area contributed by atoms with E-state index in [1.807, 2.05) is 36.4 Å². The van der Waals surface area contributed by atoms with Crippen molar-refractivity contribution in [1.82, 2.24) is 4.57 Å². The Kier molecular flexibility index (Phi) is 8.23. The number of carbonyl (C=O) groups is 3. The average Bonchev–Trinajstić information content (AvgIpc) is 3.53. The molecule has 0 unspecified atom stereocenters. The van der Waals surface area contributed by atoms with Crippen molar-refractivity contribution in [3.63, 3.8) is 0 Å². The van der Waals surface area contributed by atoms with Crippen LogP contribution >= 0.6 is 23.1 Å². The summed E-state index contributed by atoms with van der Waals surface area (Å²) < 4.78 is 53.0. The average molecular weight is 706 g/mol. The number of imide groups is 1. The number of benzene rings is 4. The Morgan fingerprint density at radius 1 is 0.857 bits per heavy atom.